The van der Waals surface area contributed by atoms with Crippen LogP contribution < -0.4 is 5.73 Å². The fourth-order valence-corrected chi connectivity index (χ4v) is 1.88. The van der Waals surface area contributed by atoms with Crippen LogP contribution in [0, 0.1) is 5.41 Å². The van der Waals surface area contributed by atoms with E-state index in [1.165, 1.54) is 12.8 Å². The molecule has 0 bridgehead atoms. The predicted octanol–water partition coefficient (Wildman–Crippen LogP) is 3.80. The molecule has 0 aromatic carbocycles. The number of nitrogens with zero attached hydrogens (tertiary/aromatic N) is 2. The van der Waals surface area contributed by atoms with Gasteiger partial charge in [-0.05, 0) is 18.3 Å². The molecule has 0 aliphatic heterocycles. The quantitative estimate of drug-likeness (QED) is 0.837. The van der Waals surface area contributed by atoms with E-state index in [-0.39, 0.29) is 11.5 Å². The number of aromatic nitrogens is 2. The highest BCUT2D eigenvalue weighted by atomic mass is 16.5. The van der Waals surface area contributed by atoms with Gasteiger partial charge in [-0.2, -0.15) is 4.98 Å². The van der Waals surface area contributed by atoms with Gasteiger partial charge in [-0.25, -0.2) is 0 Å². The minimum Gasteiger partial charge on any atom is -0.339 e. The molecule has 0 amide bonds. The molecule has 1 aromatic rings. The summed E-state index contributed by atoms with van der Waals surface area (Å²) in [5, 5.41) is 4.05. The summed E-state index contributed by atoms with van der Waals surface area (Å²) in [6.45, 7) is 10.6. The highest BCUT2D eigenvalue weighted by Gasteiger charge is 2.28. The van der Waals surface area contributed by atoms with E-state index in [0.717, 1.165) is 18.7 Å². The molecule has 0 radical (unpaired) electrons. The summed E-state index contributed by atoms with van der Waals surface area (Å²) < 4.78 is 5.39. The number of nitrogens with two attached hydrogens (primary N) is 1. The Morgan fingerprint density at radius 2 is 1.94 bits per heavy atom. The third-order valence-corrected chi connectivity index (χ3v) is 3.42. The third-order valence-electron chi connectivity index (χ3n) is 3.42. The van der Waals surface area contributed by atoms with Crippen molar-refractivity contribution in [1.82, 2.24) is 10.1 Å². The van der Waals surface area contributed by atoms with Crippen molar-refractivity contribution in [3.8, 4) is 0 Å². The van der Waals surface area contributed by atoms with Gasteiger partial charge in [0, 0.05) is 5.92 Å². The van der Waals surface area contributed by atoms with Gasteiger partial charge in [-0.1, -0.05) is 52.6 Å². The van der Waals surface area contributed by atoms with Crippen molar-refractivity contribution in [3.05, 3.63) is 11.7 Å². The second-order valence-corrected chi connectivity index (χ2v) is 6.08. The smallest absolute Gasteiger partial charge is 0.229 e. The summed E-state index contributed by atoms with van der Waals surface area (Å²) in [6, 6.07) is -0.182. The molecule has 1 heterocycles. The minimum atomic E-state index is -0.182. The van der Waals surface area contributed by atoms with Gasteiger partial charge in [-0.3, -0.25) is 0 Å². The van der Waals surface area contributed by atoms with Gasteiger partial charge in [0.25, 0.3) is 0 Å². The van der Waals surface area contributed by atoms with E-state index < -0.39 is 0 Å². The first-order valence-electron chi connectivity index (χ1n) is 6.99. The Bertz CT molecular complexity index is 354. The maximum atomic E-state index is 6.14. The van der Waals surface area contributed by atoms with Gasteiger partial charge < -0.3 is 10.3 Å². The molecule has 0 fully saturated rings. The monoisotopic (exact) mass is 253 g/mol. The van der Waals surface area contributed by atoms with Crippen LogP contribution in [0.2, 0.25) is 0 Å². The van der Waals surface area contributed by atoms with Crippen LogP contribution >= 0.6 is 0 Å². The van der Waals surface area contributed by atoms with Crippen LogP contribution in [0.5, 0.6) is 0 Å². The van der Waals surface area contributed by atoms with E-state index in [4.69, 9.17) is 10.3 Å². The third kappa shape index (κ3) is 3.80. The number of rotatable bonds is 6. The normalized spacial score (nSPS) is 15.7. The van der Waals surface area contributed by atoms with Gasteiger partial charge in [0.15, 0.2) is 5.82 Å². The second-order valence-electron chi connectivity index (χ2n) is 6.08. The van der Waals surface area contributed by atoms with Crippen molar-refractivity contribution in [3.63, 3.8) is 0 Å². The molecule has 0 aliphatic carbocycles. The molecule has 0 aliphatic rings. The summed E-state index contributed by atoms with van der Waals surface area (Å²) >= 11 is 0. The Balaban J connectivity index is 2.78. The first-order chi connectivity index (χ1) is 8.40. The topological polar surface area (TPSA) is 64.9 Å². The molecule has 0 saturated heterocycles. The Labute approximate surface area is 110 Å². The molecule has 18 heavy (non-hydrogen) atoms. The molecular weight excluding hydrogens is 226 g/mol. The first kappa shape index (κ1) is 15.2. The van der Waals surface area contributed by atoms with Crippen molar-refractivity contribution in [1.29, 1.82) is 0 Å². The van der Waals surface area contributed by atoms with Crippen molar-refractivity contribution in [2.45, 2.75) is 72.3 Å². The Kier molecular flexibility index (Phi) is 5.32. The number of hydrogen-bond acceptors (Lipinski definition) is 4. The number of unbranched alkanes of at least 4 members (excludes halogenated alkanes) is 1. The van der Waals surface area contributed by atoms with Gasteiger partial charge in [0.2, 0.25) is 5.89 Å². The van der Waals surface area contributed by atoms with Crippen molar-refractivity contribution < 1.29 is 4.52 Å². The molecule has 0 spiro atoms. The van der Waals surface area contributed by atoms with Gasteiger partial charge >= 0.3 is 0 Å². The molecule has 2 unspecified atom stereocenters. The minimum absolute atomic E-state index is 0.0493. The zero-order valence-corrected chi connectivity index (χ0v) is 12.4. The van der Waals surface area contributed by atoms with Crippen molar-refractivity contribution >= 4 is 0 Å². The molecule has 4 heteroatoms. The lowest BCUT2D eigenvalue weighted by Crippen LogP contribution is -2.27. The number of hydrogen-bond donors (Lipinski definition) is 1. The van der Waals surface area contributed by atoms with Crippen LogP contribution in [-0.2, 0) is 0 Å². The SMILES string of the molecule is CCCCC(CC)c1nc(C(N)C(C)(C)C)no1. The molecule has 104 valence electrons. The highest BCUT2D eigenvalue weighted by molar-refractivity contribution is 5.00. The van der Waals surface area contributed by atoms with E-state index in [0.29, 0.717) is 11.7 Å². The van der Waals surface area contributed by atoms with Crippen LogP contribution in [0.4, 0.5) is 0 Å². The molecule has 2 atom stereocenters. The summed E-state index contributed by atoms with van der Waals surface area (Å²) in [5.74, 6) is 1.76. The average Bonchev–Trinajstić information content (AvgIpc) is 2.77. The van der Waals surface area contributed by atoms with Gasteiger partial charge in [0.1, 0.15) is 0 Å². The van der Waals surface area contributed by atoms with Crippen LogP contribution in [-0.4, -0.2) is 10.1 Å². The maximum Gasteiger partial charge on any atom is 0.229 e. The van der Waals surface area contributed by atoms with Gasteiger partial charge in [0.05, 0.1) is 6.04 Å². The van der Waals surface area contributed by atoms with Crippen LogP contribution in [0.3, 0.4) is 0 Å². The lowest BCUT2D eigenvalue weighted by atomic mass is 9.87. The Morgan fingerprint density at radius 3 is 2.44 bits per heavy atom. The molecule has 0 saturated carbocycles. The standard InChI is InChI=1S/C14H27N3O/c1-6-8-9-10(7-2)13-16-12(17-18-13)11(15)14(3,4)5/h10-11H,6-9,15H2,1-5H3. The first-order valence-corrected chi connectivity index (χ1v) is 6.99. The molecule has 1 rings (SSSR count). The van der Waals surface area contributed by atoms with Gasteiger partial charge in [-0.15, -0.1) is 0 Å². The zero-order chi connectivity index (χ0) is 13.8. The van der Waals surface area contributed by atoms with E-state index in [1.807, 2.05) is 0 Å². The molecule has 1 aromatic heterocycles. The fraction of sp³-hybridized carbons (Fsp3) is 0.857. The van der Waals surface area contributed by atoms with Crippen molar-refractivity contribution in [2.75, 3.05) is 0 Å². The van der Waals surface area contributed by atoms with E-state index >= 15 is 0 Å². The summed E-state index contributed by atoms with van der Waals surface area (Å²) in [4.78, 5) is 4.50. The maximum absolute atomic E-state index is 6.14. The average molecular weight is 253 g/mol. The molecular formula is C14H27N3O. The highest BCUT2D eigenvalue weighted by Crippen LogP contribution is 2.30. The van der Waals surface area contributed by atoms with E-state index in [1.54, 1.807) is 0 Å². The fourth-order valence-electron chi connectivity index (χ4n) is 1.88. The second kappa shape index (κ2) is 6.32. The van der Waals surface area contributed by atoms with Crippen LogP contribution in [0.1, 0.15) is 84.0 Å². The summed E-state index contributed by atoms with van der Waals surface area (Å²) in [5.41, 5.74) is 6.09. The predicted molar refractivity (Wildman–Crippen MR) is 73.2 cm³/mol. The Hall–Kier alpha value is -0.900. The molecule has 2 N–H and O–H groups in total. The van der Waals surface area contributed by atoms with Crippen molar-refractivity contribution in [2.24, 2.45) is 11.1 Å². The Morgan fingerprint density at radius 1 is 1.28 bits per heavy atom. The van der Waals surface area contributed by atoms with Crippen LogP contribution in [0.25, 0.3) is 0 Å². The lowest BCUT2D eigenvalue weighted by Gasteiger charge is -2.23. The summed E-state index contributed by atoms with van der Waals surface area (Å²) in [7, 11) is 0. The molecule has 4 nitrogen and oxygen atoms in total. The van der Waals surface area contributed by atoms with E-state index in [9.17, 15) is 0 Å². The summed E-state index contributed by atoms with van der Waals surface area (Å²) in [6.07, 6.45) is 4.53. The lowest BCUT2D eigenvalue weighted by molar-refractivity contribution is 0.296. The van der Waals surface area contributed by atoms with Crippen LogP contribution in [0.15, 0.2) is 4.52 Å². The zero-order valence-electron chi connectivity index (χ0n) is 12.4. The van der Waals surface area contributed by atoms with E-state index in [2.05, 4.69) is 44.8 Å². The largest absolute Gasteiger partial charge is 0.339 e.